The Morgan fingerprint density at radius 3 is 2.67 bits per heavy atom. The highest BCUT2D eigenvalue weighted by molar-refractivity contribution is 9.10. The van der Waals surface area contributed by atoms with Gasteiger partial charge < -0.3 is 19.9 Å². The van der Waals surface area contributed by atoms with Gasteiger partial charge in [-0.25, -0.2) is 4.79 Å². The monoisotopic (exact) mass is 355 g/mol. The van der Waals surface area contributed by atoms with Crippen LogP contribution >= 0.6 is 15.9 Å². The van der Waals surface area contributed by atoms with Gasteiger partial charge in [-0.3, -0.25) is 0 Å². The molecule has 1 heterocycles. The lowest BCUT2D eigenvalue weighted by atomic mass is 10.3. The van der Waals surface area contributed by atoms with E-state index in [1.807, 2.05) is 29.2 Å². The fourth-order valence-electron chi connectivity index (χ4n) is 2.26. The lowest BCUT2D eigenvalue weighted by Gasteiger charge is -2.33. The van der Waals surface area contributed by atoms with Crippen LogP contribution < -0.4 is 10.1 Å². The van der Waals surface area contributed by atoms with E-state index in [0.29, 0.717) is 13.2 Å². The molecule has 0 aromatic heterocycles. The molecule has 1 aliphatic heterocycles. The number of hydrogen-bond donors (Lipinski definition) is 1. The molecule has 0 saturated carbocycles. The van der Waals surface area contributed by atoms with Crippen LogP contribution in [-0.4, -0.2) is 61.7 Å². The number of para-hydroxylation sites is 1. The normalized spacial score (nSPS) is 15.8. The van der Waals surface area contributed by atoms with E-state index in [0.717, 1.165) is 42.9 Å². The molecule has 1 aromatic rings. The van der Waals surface area contributed by atoms with Gasteiger partial charge in [0.05, 0.1) is 11.0 Å². The number of hydrogen-bond acceptors (Lipinski definition) is 3. The van der Waals surface area contributed by atoms with Crippen molar-refractivity contribution in [1.29, 1.82) is 0 Å². The van der Waals surface area contributed by atoms with Crippen LogP contribution in [0.3, 0.4) is 0 Å². The van der Waals surface area contributed by atoms with E-state index >= 15 is 0 Å². The Bertz CT molecular complexity index is 462. The maximum atomic E-state index is 12.0. The summed E-state index contributed by atoms with van der Waals surface area (Å²) in [7, 11) is 0. The number of urea groups is 1. The van der Waals surface area contributed by atoms with Crippen molar-refractivity contribution in [2.24, 2.45) is 0 Å². The van der Waals surface area contributed by atoms with Gasteiger partial charge in [-0.2, -0.15) is 0 Å². The number of halogens is 1. The number of piperazine rings is 1. The molecule has 6 heteroatoms. The van der Waals surface area contributed by atoms with E-state index in [-0.39, 0.29) is 6.03 Å². The second kappa shape index (κ2) is 8.24. The van der Waals surface area contributed by atoms with Crippen LogP contribution in [0.15, 0.2) is 28.7 Å². The third-order valence-corrected chi connectivity index (χ3v) is 4.23. The zero-order valence-electron chi connectivity index (χ0n) is 12.3. The third-order valence-electron chi connectivity index (χ3n) is 3.58. The Kier molecular flexibility index (Phi) is 6.32. The molecule has 1 N–H and O–H groups in total. The number of nitrogens with zero attached hydrogens (tertiary/aromatic N) is 2. The van der Waals surface area contributed by atoms with E-state index in [4.69, 9.17) is 4.74 Å². The number of likely N-dealkylation sites (N-methyl/N-ethyl adjacent to an activating group) is 1. The number of nitrogens with one attached hydrogen (secondary N) is 1. The fraction of sp³-hybridized carbons (Fsp3) is 0.533. The molecular formula is C15H22BrN3O2. The van der Waals surface area contributed by atoms with Gasteiger partial charge in [0, 0.05) is 26.2 Å². The Morgan fingerprint density at radius 1 is 1.29 bits per heavy atom. The summed E-state index contributed by atoms with van der Waals surface area (Å²) >= 11 is 3.43. The maximum absolute atomic E-state index is 12.0. The molecule has 116 valence electrons. The summed E-state index contributed by atoms with van der Waals surface area (Å²) in [6, 6.07) is 7.69. The summed E-state index contributed by atoms with van der Waals surface area (Å²) in [5.41, 5.74) is 0. The van der Waals surface area contributed by atoms with Gasteiger partial charge in [-0.15, -0.1) is 0 Å². The van der Waals surface area contributed by atoms with Crippen LogP contribution in [-0.2, 0) is 0 Å². The predicted octanol–water partition coefficient (Wildman–Crippen LogP) is 2.17. The molecular weight excluding hydrogens is 334 g/mol. The van der Waals surface area contributed by atoms with Gasteiger partial charge in [-0.05, 0) is 34.6 Å². The van der Waals surface area contributed by atoms with Crippen LogP contribution in [0.25, 0.3) is 0 Å². The number of ether oxygens (including phenoxy) is 1. The number of amides is 2. The van der Waals surface area contributed by atoms with E-state index in [9.17, 15) is 4.79 Å². The Morgan fingerprint density at radius 2 is 2.00 bits per heavy atom. The minimum Gasteiger partial charge on any atom is -0.491 e. The average Bonchev–Trinajstić information content (AvgIpc) is 2.53. The van der Waals surface area contributed by atoms with Gasteiger partial charge in [0.2, 0.25) is 0 Å². The first-order valence-electron chi connectivity index (χ1n) is 7.33. The topological polar surface area (TPSA) is 44.8 Å². The molecule has 21 heavy (non-hydrogen) atoms. The summed E-state index contributed by atoms with van der Waals surface area (Å²) in [6.45, 7) is 7.67. The van der Waals surface area contributed by atoms with Crippen LogP contribution in [0.4, 0.5) is 4.79 Å². The fourth-order valence-corrected chi connectivity index (χ4v) is 2.66. The Balaban J connectivity index is 1.65. The molecule has 2 amide bonds. The Labute approximate surface area is 134 Å². The lowest BCUT2D eigenvalue weighted by molar-refractivity contribution is 0.142. The van der Waals surface area contributed by atoms with Crippen LogP contribution in [0.5, 0.6) is 5.75 Å². The summed E-state index contributed by atoms with van der Waals surface area (Å²) in [5, 5.41) is 2.90. The maximum Gasteiger partial charge on any atom is 0.317 e. The second-order valence-corrected chi connectivity index (χ2v) is 5.79. The molecule has 0 radical (unpaired) electrons. The number of benzene rings is 1. The summed E-state index contributed by atoms with van der Waals surface area (Å²) in [6.07, 6.45) is 0. The third kappa shape index (κ3) is 4.89. The van der Waals surface area contributed by atoms with Crippen molar-refractivity contribution >= 4 is 22.0 Å². The molecule has 1 saturated heterocycles. The first-order valence-corrected chi connectivity index (χ1v) is 8.12. The molecule has 2 rings (SSSR count). The van der Waals surface area contributed by atoms with E-state index < -0.39 is 0 Å². The molecule has 0 unspecified atom stereocenters. The Hall–Kier alpha value is -1.27. The minimum absolute atomic E-state index is 0.00137. The molecule has 0 aliphatic carbocycles. The van der Waals surface area contributed by atoms with Gasteiger partial charge in [0.25, 0.3) is 0 Å². The molecule has 1 fully saturated rings. The molecule has 1 aromatic carbocycles. The first-order chi connectivity index (χ1) is 10.2. The summed E-state index contributed by atoms with van der Waals surface area (Å²) in [5.74, 6) is 0.795. The van der Waals surface area contributed by atoms with Crippen LogP contribution in [0.2, 0.25) is 0 Å². The van der Waals surface area contributed by atoms with Gasteiger partial charge in [0.1, 0.15) is 12.4 Å². The summed E-state index contributed by atoms with van der Waals surface area (Å²) in [4.78, 5) is 16.2. The highest BCUT2D eigenvalue weighted by Gasteiger charge is 2.19. The van der Waals surface area contributed by atoms with Crippen LogP contribution in [0, 0.1) is 0 Å². The number of carbonyl (C=O) groups excluding carboxylic acids is 1. The van der Waals surface area contributed by atoms with Crippen LogP contribution in [0.1, 0.15) is 6.92 Å². The smallest absolute Gasteiger partial charge is 0.317 e. The zero-order valence-corrected chi connectivity index (χ0v) is 13.9. The van der Waals surface area contributed by atoms with Gasteiger partial charge in [-0.1, -0.05) is 19.1 Å². The highest BCUT2D eigenvalue weighted by Crippen LogP contribution is 2.23. The van der Waals surface area contributed by atoms with Crippen molar-refractivity contribution in [2.45, 2.75) is 6.92 Å². The van der Waals surface area contributed by atoms with E-state index in [1.54, 1.807) is 0 Å². The standard InChI is InChI=1S/C15H22BrN3O2/c1-2-18-8-10-19(11-9-18)15(20)17-7-12-21-14-6-4-3-5-13(14)16/h3-6H,2,7-12H2,1H3,(H,17,20). The van der Waals surface area contributed by atoms with E-state index in [1.165, 1.54) is 0 Å². The molecule has 0 atom stereocenters. The van der Waals surface area contributed by atoms with Crippen molar-refractivity contribution in [3.05, 3.63) is 28.7 Å². The molecule has 0 bridgehead atoms. The van der Waals surface area contributed by atoms with E-state index in [2.05, 4.69) is 33.1 Å². The predicted molar refractivity (Wildman–Crippen MR) is 86.7 cm³/mol. The van der Waals surface area contributed by atoms with Crippen molar-refractivity contribution in [3.8, 4) is 5.75 Å². The quantitative estimate of drug-likeness (QED) is 0.823. The van der Waals surface area contributed by atoms with Crippen molar-refractivity contribution < 1.29 is 9.53 Å². The van der Waals surface area contributed by atoms with Crippen molar-refractivity contribution in [3.63, 3.8) is 0 Å². The second-order valence-electron chi connectivity index (χ2n) is 4.93. The van der Waals surface area contributed by atoms with Crippen molar-refractivity contribution in [2.75, 3.05) is 45.9 Å². The van der Waals surface area contributed by atoms with Gasteiger partial charge in [0.15, 0.2) is 0 Å². The first kappa shape index (κ1) is 16.1. The molecule has 1 aliphatic rings. The average molecular weight is 356 g/mol. The SMILES string of the molecule is CCN1CCN(C(=O)NCCOc2ccccc2Br)CC1. The largest absolute Gasteiger partial charge is 0.491 e. The summed E-state index contributed by atoms with van der Waals surface area (Å²) < 4.78 is 6.54. The molecule has 0 spiro atoms. The van der Waals surface area contributed by atoms with Gasteiger partial charge >= 0.3 is 6.03 Å². The molecule has 5 nitrogen and oxygen atoms in total. The number of rotatable bonds is 5. The van der Waals surface area contributed by atoms with Crippen molar-refractivity contribution in [1.82, 2.24) is 15.1 Å². The minimum atomic E-state index is 0.00137. The number of carbonyl (C=O) groups is 1. The lowest BCUT2D eigenvalue weighted by Crippen LogP contribution is -2.52. The highest BCUT2D eigenvalue weighted by atomic mass is 79.9. The zero-order chi connectivity index (χ0) is 15.1.